The number of ether oxygens (including phenoxy) is 1. The predicted molar refractivity (Wildman–Crippen MR) is 86.1 cm³/mol. The molecule has 7 heteroatoms. The maximum Gasteiger partial charge on any atom is 0.416 e. The average Bonchev–Trinajstić information content (AvgIpc) is 2.31. The van der Waals surface area contributed by atoms with Gasteiger partial charge in [-0.2, -0.15) is 13.2 Å². The largest absolute Gasteiger partial charge is 0.444 e. The standard InChI is InChI=1S/C16H21BrF3NO2/c1-10(2)21(14(22)23-15(3,4)5)9-11-6-12(16(18,19)20)8-13(17)7-11/h6-8,10H,9H2,1-5H3. The van der Waals surface area contributed by atoms with Crippen molar-refractivity contribution in [3.05, 3.63) is 33.8 Å². The van der Waals surface area contributed by atoms with Crippen LogP contribution in [-0.2, 0) is 17.5 Å². The van der Waals surface area contributed by atoms with E-state index in [0.717, 1.165) is 12.1 Å². The minimum atomic E-state index is -4.44. The highest BCUT2D eigenvalue weighted by atomic mass is 79.9. The van der Waals surface area contributed by atoms with Gasteiger partial charge < -0.3 is 9.64 Å². The highest BCUT2D eigenvalue weighted by Gasteiger charge is 2.31. The van der Waals surface area contributed by atoms with E-state index in [0.29, 0.717) is 10.0 Å². The van der Waals surface area contributed by atoms with Crippen molar-refractivity contribution in [2.24, 2.45) is 0 Å². The summed E-state index contributed by atoms with van der Waals surface area (Å²) in [4.78, 5) is 13.6. The lowest BCUT2D eigenvalue weighted by atomic mass is 10.1. The topological polar surface area (TPSA) is 29.5 Å². The summed E-state index contributed by atoms with van der Waals surface area (Å²) in [6, 6.07) is 3.41. The Kier molecular flexibility index (Phi) is 6.12. The number of nitrogens with zero attached hydrogens (tertiary/aromatic N) is 1. The van der Waals surface area contributed by atoms with Gasteiger partial charge in [-0.25, -0.2) is 4.79 Å². The lowest BCUT2D eigenvalue weighted by Gasteiger charge is -2.30. The third-order valence-electron chi connectivity index (χ3n) is 2.89. The van der Waals surface area contributed by atoms with Gasteiger partial charge in [0.05, 0.1) is 5.56 Å². The Bertz CT molecular complexity index is 565. The van der Waals surface area contributed by atoms with E-state index in [2.05, 4.69) is 15.9 Å². The fourth-order valence-corrected chi connectivity index (χ4v) is 2.42. The van der Waals surface area contributed by atoms with Gasteiger partial charge in [0.15, 0.2) is 0 Å². The number of rotatable bonds is 3. The van der Waals surface area contributed by atoms with Crippen LogP contribution in [0.4, 0.5) is 18.0 Å². The Morgan fingerprint density at radius 1 is 1.22 bits per heavy atom. The Labute approximate surface area is 142 Å². The molecule has 0 atom stereocenters. The summed E-state index contributed by atoms with van der Waals surface area (Å²) in [7, 11) is 0. The van der Waals surface area contributed by atoms with Crippen LogP contribution in [0.25, 0.3) is 0 Å². The zero-order valence-electron chi connectivity index (χ0n) is 13.8. The van der Waals surface area contributed by atoms with E-state index in [4.69, 9.17) is 4.74 Å². The normalized spacial score (nSPS) is 12.4. The molecular formula is C16H21BrF3NO2. The molecule has 0 bridgehead atoms. The summed E-state index contributed by atoms with van der Waals surface area (Å²) in [6.45, 7) is 8.83. The molecule has 0 saturated heterocycles. The number of hydrogen-bond donors (Lipinski definition) is 0. The number of alkyl halides is 3. The van der Waals surface area contributed by atoms with Gasteiger partial charge in [0, 0.05) is 17.1 Å². The highest BCUT2D eigenvalue weighted by Crippen LogP contribution is 2.32. The van der Waals surface area contributed by atoms with Gasteiger partial charge in [0.1, 0.15) is 5.60 Å². The van der Waals surface area contributed by atoms with Crippen molar-refractivity contribution in [3.63, 3.8) is 0 Å². The van der Waals surface area contributed by atoms with Gasteiger partial charge in [-0.05, 0) is 58.4 Å². The van der Waals surface area contributed by atoms with Crippen molar-refractivity contribution in [2.45, 2.75) is 59.0 Å². The van der Waals surface area contributed by atoms with Gasteiger partial charge in [0.2, 0.25) is 0 Å². The second kappa shape index (κ2) is 7.11. The summed E-state index contributed by atoms with van der Waals surface area (Å²) in [5.41, 5.74) is -1.04. The molecule has 1 amide bonds. The monoisotopic (exact) mass is 395 g/mol. The molecule has 0 radical (unpaired) electrons. The van der Waals surface area contributed by atoms with Crippen molar-refractivity contribution >= 4 is 22.0 Å². The van der Waals surface area contributed by atoms with Crippen LogP contribution < -0.4 is 0 Å². The molecule has 0 saturated carbocycles. The van der Waals surface area contributed by atoms with Crippen LogP contribution in [0.2, 0.25) is 0 Å². The van der Waals surface area contributed by atoms with E-state index in [1.165, 1.54) is 4.90 Å². The second-order valence-corrected chi connectivity index (χ2v) is 7.46. The van der Waals surface area contributed by atoms with Crippen molar-refractivity contribution in [3.8, 4) is 0 Å². The third-order valence-corrected chi connectivity index (χ3v) is 3.35. The molecule has 23 heavy (non-hydrogen) atoms. The first-order valence-corrected chi connectivity index (χ1v) is 7.95. The minimum absolute atomic E-state index is 0.0368. The molecule has 1 aromatic carbocycles. The molecule has 1 rings (SSSR count). The van der Waals surface area contributed by atoms with Gasteiger partial charge in [-0.1, -0.05) is 15.9 Å². The Balaban J connectivity index is 3.06. The molecular weight excluding hydrogens is 375 g/mol. The molecule has 0 heterocycles. The van der Waals surface area contributed by atoms with Crippen LogP contribution in [0.5, 0.6) is 0 Å². The van der Waals surface area contributed by atoms with E-state index in [1.807, 2.05) is 0 Å². The van der Waals surface area contributed by atoms with Crippen molar-refractivity contribution in [2.75, 3.05) is 0 Å². The number of carbonyl (C=O) groups excluding carboxylic acids is 1. The predicted octanol–water partition coefficient (Wildman–Crippen LogP) is 5.61. The quantitative estimate of drug-likeness (QED) is 0.665. The van der Waals surface area contributed by atoms with Crippen molar-refractivity contribution in [1.82, 2.24) is 4.90 Å². The van der Waals surface area contributed by atoms with Crippen LogP contribution in [-0.4, -0.2) is 22.6 Å². The fraction of sp³-hybridized carbons (Fsp3) is 0.562. The number of benzene rings is 1. The first-order chi connectivity index (χ1) is 10.3. The molecule has 0 fully saturated rings. The van der Waals surface area contributed by atoms with Crippen LogP contribution in [0, 0.1) is 0 Å². The van der Waals surface area contributed by atoms with Crippen LogP contribution >= 0.6 is 15.9 Å². The second-order valence-electron chi connectivity index (χ2n) is 6.55. The molecule has 0 spiro atoms. The van der Waals surface area contributed by atoms with E-state index < -0.39 is 23.4 Å². The lowest BCUT2D eigenvalue weighted by Crippen LogP contribution is -2.40. The third kappa shape index (κ3) is 6.41. The van der Waals surface area contributed by atoms with E-state index in [-0.39, 0.29) is 12.6 Å². The minimum Gasteiger partial charge on any atom is -0.444 e. The molecule has 0 aliphatic rings. The van der Waals surface area contributed by atoms with Crippen molar-refractivity contribution < 1.29 is 22.7 Å². The first-order valence-electron chi connectivity index (χ1n) is 7.16. The summed E-state index contributed by atoms with van der Waals surface area (Å²) >= 11 is 3.08. The Hall–Kier alpha value is -1.24. The van der Waals surface area contributed by atoms with Gasteiger partial charge in [-0.15, -0.1) is 0 Å². The Morgan fingerprint density at radius 2 is 1.78 bits per heavy atom. The summed E-state index contributed by atoms with van der Waals surface area (Å²) in [5.74, 6) is 0. The molecule has 0 aliphatic carbocycles. The molecule has 130 valence electrons. The number of hydrogen-bond acceptors (Lipinski definition) is 2. The summed E-state index contributed by atoms with van der Waals surface area (Å²) in [6.07, 6.45) is -4.99. The molecule has 0 aliphatic heterocycles. The SMILES string of the molecule is CC(C)N(Cc1cc(Br)cc(C(F)(F)F)c1)C(=O)OC(C)(C)C. The lowest BCUT2D eigenvalue weighted by molar-refractivity contribution is -0.137. The van der Waals surface area contributed by atoms with Crippen molar-refractivity contribution in [1.29, 1.82) is 0 Å². The number of amides is 1. The average molecular weight is 396 g/mol. The number of carbonyl (C=O) groups is 1. The van der Waals surface area contributed by atoms with Crippen LogP contribution in [0.15, 0.2) is 22.7 Å². The molecule has 0 unspecified atom stereocenters. The van der Waals surface area contributed by atoms with Crippen LogP contribution in [0.1, 0.15) is 45.7 Å². The van der Waals surface area contributed by atoms with E-state index >= 15 is 0 Å². The zero-order valence-corrected chi connectivity index (χ0v) is 15.4. The summed E-state index contributed by atoms with van der Waals surface area (Å²) < 4.78 is 44.3. The highest BCUT2D eigenvalue weighted by molar-refractivity contribution is 9.10. The van der Waals surface area contributed by atoms with Gasteiger partial charge in [0.25, 0.3) is 0 Å². The van der Waals surface area contributed by atoms with Crippen LogP contribution in [0.3, 0.4) is 0 Å². The maximum absolute atomic E-state index is 12.9. The molecule has 1 aromatic rings. The molecule has 0 N–H and O–H groups in total. The zero-order chi connectivity index (χ0) is 18.0. The Morgan fingerprint density at radius 3 is 2.22 bits per heavy atom. The number of halogens is 4. The van der Waals surface area contributed by atoms with E-state index in [1.54, 1.807) is 40.7 Å². The molecule has 0 aromatic heterocycles. The van der Waals surface area contributed by atoms with Gasteiger partial charge in [-0.3, -0.25) is 0 Å². The fourth-order valence-electron chi connectivity index (χ4n) is 1.88. The maximum atomic E-state index is 12.9. The first kappa shape index (κ1) is 19.8. The van der Waals surface area contributed by atoms with Gasteiger partial charge >= 0.3 is 12.3 Å². The smallest absolute Gasteiger partial charge is 0.416 e. The summed E-state index contributed by atoms with van der Waals surface area (Å²) in [5, 5.41) is 0. The molecule has 3 nitrogen and oxygen atoms in total. The van der Waals surface area contributed by atoms with E-state index in [9.17, 15) is 18.0 Å².